The van der Waals surface area contributed by atoms with E-state index in [0.29, 0.717) is 17.9 Å². The highest BCUT2D eigenvalue weighted by Crippen LogP contribution is 2.22. The van der Waals surface area contributed by atoms with E-state index in [2.05, 4.69) is 5.32 Å². The zero-order valence-electron chi connectivity index (χ0n) is 11.0. The second-order valence-electron chi connectivity index (χ2n) is 3.93. The maximum absolute atomic E-state index is 11.6. The molecule has 0 radical (unpaired) electrons. The number of rotatable bonds is 6. The number of urea groups is 1. The molecule has 0 bridgehead atoms. The molecule has 2 amide bonds. The average molecular weight is 286 g/mol. The van der Waals surface area contributed by atoms with Crippen molar-refractivity contribution in [2.75, 3.05) is 18.2 Å². The quantitative estimate of drug-likeness (QED) is 0.837. The minimum Gasteiger partial charge on any atom is -0.495 e. The summed E-state index contributed by atoms with van der Waals surface area (Å²) in [6.45, 7) is 1.88. The minimum absolute atomic E-state index is 0.0666. The largest absolute Gasteiger partial charge is 0.495 e. The summed E-state index contributed by atoms with van der Waals surface area (Å²) in [4.78, 5) is 11.6. The van der Waals surface area contributed by atoms with E-state index in [-0.39, 0.29) is 5.75 Å². The summed E-state index contributed by atoms with van der Waals surface area (Å²) in [7, 11) is -2.12. The van der Waals surface area contributed by atoms with Crippen molar-refractivity contribution in [2.45, 2.75) is 19.8 Å². The molecule has 0 atom stereocenters. The number of hydrogen-bond donors (Lipinski definition) is 2. The summed E-state index contributed by atoms with van der Waals surface area (Å²) < 4.78 is 30.1. The Kier molecular flexibility index (Phi) is 5.62. The van der Waals surface area contributed by atoms with Crippen LogP contribution in [0.4, 0.5) is 10.5 Å². The third-order valence-corrected chi connectivity index (χ3v) is 3.69. The second-order valence-corrected chi connectivity index (χ2v) is 5.77. The van der Waals surface area contributed by atoms with Gasteiger partial charge >= 0.3 is 6.03 Å². The van der Waals surface area contributed by atoms with E-state index in [4.69, 9.17) is 4.74 Å². The number of benzene rings is 1. The molecular formula is C12H18N2O4S. The molecule has 6 nitrogen and oxygen atoms in total. The maximum atomic E-state index is 11.6. The van der Waals surface area contributed by atoms with E-state index in [1.807, 2.05) is 11.6 Å². The average Bonchev–Trinajstić information content (AvgIpc) is 2.36. The van der Waals surface area contributed by atoms with Crippen LogP contribution in [0.5, 0.6) is 5.75 Å². The fraction of sp³-hybridized carbons (Fsp3) is 0.417. The van der Waals surface area contributed by atoms with Crippen molar-refractivity contribution in [1.82, 2.24) is 4.72 Å². The number of hydrogen-bond acceptors (Lipinski definition) is 4. The van der Waals surface area contributed by atoms with Gasteiger partial charge in [0, 0.05) is 0 Å². The number of ether oxygens (including phenoxy) is 1. The topological polar surface area (TPSA) is 84.5 Å². The number of nitrogens with one attached hydrogen (secondary N) is 2. The first kappa shape index (κ1) is 15.3. The van der Waals surface area contributed by atoms with Crippen molar-refractivity contribution in [3.63, 3.8) is 0 Å². The van der Waals surface area contributed by atoms with Crippen molar-refractivity contribution in [3.05, 3.63) is 24.3 Å². The normalized spacial score (nSPS) is 10.8. The Morgan fingerprint density at radius 2 is 2.00 bits per heavy atom. The number of carbonyl (C=O) groups excluding carboxylic acids is 1. The zero-order valence-corrected chi connectivity index (χ0v) is 11.8. The summed E-state index contributed by atoms with van der Waals surface area (Å²) in [6, 6.07) is 5.96. The number of anilines is 1. The number of unbranched alkanes of at least 4 members (excludes halogenated alkanes) is 1. The molecule has 0 saturated carbocycles. The zero-order chi connectivity index (χ0) is 14.3. The molecule has 19 heavy (non-hydrogen) atoms. The highest BCUT2D eigenvalue weighted by atomic mass is 32.2. The van der Waals surface area contributed by atoms with Gasteiger partial charge in [0.15, 0.2) is 0 Å². The molecule has 2 N–H and O–H groups in total. The van der Waals surface area contributed by atoms with Gasteiger partial charge in [-0.1, -0.05) is 25.5 Å². The number of amides is 2. The lowest BCUT2D eigenvalue weighted by Crippen LogP contribution is -2.36. The summed E-state index contributed by atoms with van der Waals surface area (Å²) in [5.41, 5.74) is 0.410. The van der Waals surface area contributed by atoms with Gasteiger partial charge in [-0.3, -0.25) is 0 Å². The van der Waals surface area contributed by atoms with Crippen molar-refractivity contribution in [2.24, 2.45) is 0 Å². The van der Waals surface area contributed by atoms with Crippen molar-refractivity contribution >= 4 is 21.7 Å². The summed E-state index contributed by atoms with van der Waals surface area (Å²) >= 11 is 0. The van der Waals surface area contributed by atoms with Gasteiger partial charge in [0.1, 0.15) is 5.75 Å². The minimum atomic E-state index is -3.59. The van der Waals surface area contributed by atoms with Gasteiger partial charge < -0.3 is 10.1 Å². The molecule has 0 fully saturated rings. The van der Waals surface area contributed by atoms with Gasteiger partial charge in [0.2, 0.25) is 10.0 Å². The van der Waals surface area contributed by atoms with Crippen LogP contribution in [0.2, 0.25) is 0 Å². The fourth-order valence-electron chi connectivity index (χ4n) is 1.42. The Hall–Kier alpha value is -1.76. The lowest BCUT2D eigenvalue weighted by Gasteiger charge is -2.11. The number of methoxy groups -OCH3 is 1. The van der Waals surface area contributed by atoms with E-state index in [0.717, 1.165) is 6.42 Å². The Bertz CT molecular complexity index is 528. The number of sulfonamides is 1. The lowest BCUT2D eigenvalue weighted by atomic mass is 10.3. The molecule has 0 heterocycles. The number of para-hydroxylation sites is 2. The molecule has 7 heteroatoms. The molecule has 106 valence electrons. The summed E-state index contributed by atoms with van der Waals surface area (Å²) in [5.74, 6) is 0.395. The van der Waals surface area contributed by atoms with Crippen LogP contribution >= 0.6 is 0 Å². The van der Waals surface area contributed by atoms with Crippen molar-refractivity contribution in [1.29, 1.82) is 0 Å². The molecular weight excluding hydrogens is 268 g/mol. The van der Waals surface area contributed by atoms with Crippen LogP contribution in [0.15, 0.2) is 24.3 Å². The van der Waals surface area contributed by atoms with Crippen LogP contribution < -0.4 is 14.8 Å². The molecule has 0 aromatic heterocycles. The monoisotopic (exact) mass is 286 g/mol. The van der Waals surface area contributed by atoms with E-state index >= 15 is 0 Å². The van der Waals surface area contributed by atoms with Crippen LogP contribution in [0.25, 0.3) is 0 Å². The molecule has 0 spiro atoms. The Morgan fingerprint density at radius 1 is 1.32 bits per heavy atom. The van der Waals surface area contributed by atoms with Gasteiger partial charge in [0.25, 0.3) is 0 Å². The fourth-order valence-corrected chi connectivity index (χ4v) is 2.53. The van der Waals surface area contributed by atoms with Gasteiger partial charge in [-0.15, -0.1) is 0 Å². The van der Waals surface area contributed by atoms with Crippen LogP contribution in [-0.2, 0) is 10.0 Å². The SMILES string of the molecule is CCCCS(=O)(=O)NC(=O)Nc1ccccc1OC. The summed E-state index contributed by atoms with van der Waals surface area (Å²) in [5, 5.41) is 2.44. The van der Waals surface area contributed by atoms with E-state index in [1.165, 1.54) is 7.11 Å². The first-order valence-corrected chi connectivity index (χ1v) is 7.58. The molecule has 0 unspecified atom stereocenters. The van der Waals surface area contributed by atoms with Gasteiger partial charge in [-0.25, -0.2) is 17.9 Å². The van der Waals surface area contributed by atoms with Gasteiger partial charge in [0.05, 0.1) is 18.6 Å². The van der Waals surface area contributed by atoms with Crippen LogP contribution in [-0.4, -0.2) is 27.3 Å². The third-order valence-electron chi connectivity index (χ3n) is 2.37. The van der Waals surface area contributed by atoms with Crippen LogP contribution in [0.3, 0.4) is 0 Å². The summed E-state index contributed by atoms with van der Waals surface area (Å²) in [6.07, 6.45) is 1.26. The van der Waals surface area contributed by atoms with Crippen LogP contribution in [0.1, 0.15) is 19.8 Å². The molecule has 0 aliphatic carbocycles. The molecule has 1 rings (SSSR count). The van der Waals surface area contributed by atoms with E-state index in [9.17, 15) is 13.2 Å². The standard InChI is InChI=1S/C12H18N2O4S/c1-3-4-9-19(16,17)14-12(15)13-10-7-5-6-8-11(10)18-2/h5-8H,3-4,9H2,1-2H3,(H2,13,14,15). The van der Waals surface area contributed by atoms with Crippen LogP contribution in [0, 0.1) is 0 Å². The Morgan fingerprint density at radius 3 is 2.63 bits per heavy atom. The Labute approximate surface area is 113 Å². The first-order valence-electron chi connectivity index (χ1n) is 5.93. The molecule has 0 aliphatic rings. The van der Waals surface area contributed by atoms with E-state index in [1.54, 1.807) is 24.3 Å². The maximum Gasteiger partial charge on any atom is 0.332 e. The smallest absolute Gasteiger partial charge is 0.332 e. The lowest BCUT2D eigenvalue weighted by molar-refractivity contribution is 0.256. The van der Waals surface area contributed by atoms with Gasteiger partial charge in [-0.2, -0.15) is 0 Å². The van der Waals surface area contributed by atoms with Crippen molar-refractivity contribution < 1.29 is 17.9 Å². The third kappa shape index (κ3) is 5.17. The predicted molar refractivity (Wildman–Crippen MR) is 73.8 cm³/mol. The second kappa shape index (κ2) is 6.98. The highest BCUT2D eigenvalue weighted by Gasteiger charge is 2.14. The molecule has 0 aliphatic heterocycles. The van der Waals surface area contributed by atoms with Crippen molar-refractivity contribution in [3.8, 4) is 5.75 Å². The van der Waals surface area contributed by atoms with E-state index < -0.39 is 16.1 Å². The number of carbonyl (C=O) groups is 1. The molecule has 1 aromatic carbocycles. The molecule has 0 saturated heterocycles. The molecule has 1 aromatic rings. The Balaban J connectivity index is 2.65. The predicted octanol–water partition coefficient (Wildman–Crippen LogP) is 1.95. The highest BCUT2D eigenvalue weighted by molar-refractivity contribution is 7.90. The first-order chi connectivity index (χ1) is 8.98. The van der Waals surface area contributed by atoms with Gasteiger partial charge in [-0.05, 0) is 18.6 Å².